The molecule has 0 aliphatic rings. The highest BCUT2D eigenvalue weighted by Crippen LogP contribution is 2.25. The molecule has 0 atom stereocenters. The molecule has 2 nitrogen and oxygen atoms in total. The predicted octanol–water partition coefficient (Wildman–Crippen LogP) is 8.86. The van der Waals surface area contributed by atoms with Crippen molar-refractivity contribution in [2.24, 2.45) is 0 Å². The van der Waals surface area contributed by atoms with E-state index in [9.17, 15) is 0 Å². The van der Waals surface area contributed by atoms with Crippen molar-refractivity contribution < 1.29 is 0 Å². The smallest absolute Gasteiger partial charge is 0.0568 e. The van der Waals surface area contributed by atoms with Gasteiger partial charge in [0.25, 0.3) is 0 Å². The Labute approximate surface area is 181 Å². The minimum atomic E-state index is 1.10. The van der Waals surface area contributed by atoms with Crippen LogP contribution in [0, 0.1) is 0 Å². The summed E-state index contributed by atoms with van der Waals surface area (Å²) in [6, 6.07) is 8.50. The van der Waals surface area contributed by atoms with E-state index in [4.69, 9.17) is 0 Å². The van der Waals surface area contributed by atoms with Gasteiger partial charge in [-0.05, 0) is 30.5 Å². The van der Waals surface area contributed by atoms with E-state index >= 15 is 0 Å². The number of hydrogen-bond acceptors (Lipinski definition) is 1. The van der Waals surface area contributed by atoms with Crippen LogP contribution in [0.5, 0.6) is 0 Å². The molecule has 2 aromatic rings. The molecule has 0 aliphatic heterocycles. The lowest BCUT2D eigenvalue weighted by Crippen LogP contribution is -1.90. The van der Waals surface area contributed by atoms with Crippen molar-refractivity contribution >= 4 is 15.9 Å². The summed E-state index contributed by atoms with van der Waals surface area (Å²) >= 11 is 3.50. The molecule has 1 aromatic heterocycles. The van der Waals surface area contributed by atoms with E-state index in [0.29, 0.717) is 0 Å². The van der Waals surface area contributed by atoms with Crippen molar-refractivity contribution in [2.75, 3.05) is 0 Å². The summed E-state index contributed by atoms with van der Waals surface area (Å²) < 4.78 is 1.12. The van der Waals surface area contributed by atoms with Crippen molar-refractivity contribution in [2.45, 2.75) is 103 Å². The summed E-state index contributed by atoms with van der Waals surface area (Å²) in [6.07, 6.45) is 22.7. The van der Waals surface area contributed by atoms with Crippen molar-refractivity contribution in [1.82, 2.24) is 10.2 Å². The van der Waals surface area contributed by atoms with Gasteiger partial charge in [-0.15, -0.1) is 0 Å². The normalized spacial score (nSPS) is 11.2. The summed E-state index contributed by atoms with van der Waals surface area (Å²) in [5.74, 6) is 0. The van der Waals surface area contributed by atoms with Gasteiger partial charge in [0, 0.05) is 15.7 Å². The van der Waals surface area contributed by atoms with E-state index in [1.165, 1.54) is 107 Å². The quantitative estimate of drug-likeness (QED) is 0.256. The monoisotopic (exact) mass is 446 g/mol. The Morgan fingerprint density at radius 3 is 1.75 bits per heavy atom. The maximum absolute atomic E-state index is 4.27. The van der Waals surface area contributed by atoms with Crippen molar-refractivity contribution in [3.63, 3.8) is 0 Å². The van der Waals surface area contributed by atoms with Gasteiger partial charge in [-0.25, -0.2) is 0 Å². The van der Waals surface area contributed by atoms with E-state index in [0.717, 1.165) is 10.9 Å². The summed E-state index contributed by atoms with van der Waals surface area (Å²) in [5.41, 5.74) is 3.78. The molecule has 0 saturated heterocycles. The second kappa shape index (κ2) is 14.8. The van der Waals surface area contributed by atoms with E-state index in [1.807, 2.05) is 6.20 Å². The summed E-state index contributed by atoms with van der Waals surface area (Å²) in [6.45, 7) is 2.29. The molecule has 0 spiro atoms. The number of rotatable bonds is 16. The molecule has 1 aromatic carbocycles. The first kappa shape index (κ1) is 23.2. The zero-order valence-corrected chi connectivity index (χ0v) is 19.4. The van der Waals surface area contributed by atoms with Crippen LogP contribution in [0.3, 0.4) is 0 Å². The number of halogens is 1. The van der Waals surface area contributed by atoms with Crippen LogP contribution in [0.15, 0.2) is 34.9 Å². The number of aromatic amines is 1. The average molecular weight is 448 g/mol. The van der Waals surface area contributed by atoms with E-state index in [2.05, 4.69) is 57.3 Å². The number of nitrogens with zero attached hydrogens (tertiary/aromatic N) is 1. The highest BCUT2D eigenvalue weighted by Gasteiger charge is 2.07. The molecule has 1 N–H and O–H groups in total. The second-order valence-electron chi connectivity index (χ2n) is 8.12. The van der Waals surface area contributed by atoms with E-state index < -0.39 is 0 Å². The first-order valence-electron chi connectivity index (χ1n) is 11.6. The van der Waals surface area contributed by atoms with Crippen LogP contribution in [-0.2, 0) is 6.42 Å². The van der Waals surface area contributed by atoms with Gasteiger partial charge >= 0.3 is 0 Å². The Hall–Kier alpha value is -1.09. The van der Waals surface area contributed by atoms with Gasteiger partial charge in [-0.1, -0.05) is 118 Å². The van der Waals surface area contributed by atoms with Gasteiger partial charge in [0.1, 0.15) is 0 Å². The van der Waals surface area contributed by atoms with Crippen LogP contribution in [0.1, 0.15) is 103 Å². The SMILES string of the molecule is CCCCCCCCCCCCCCCCc1[nH]ncc1-c1ccc(Br)cc1. The van der Waals surface area contributed by atoms with Crippen LogP contribution in [-0.4, -0.2) is 10.2 Å². The van der Waals surface area contributed by atoms with Crippen LogP contribution >= 0.6 is 15.9 Å². The molecule has 1 heterocycles. The fraction of sp³-hybridized carbons (Fsp3) is 0.640. The number of aryl methyl sites for hydroxylation is 1. The maximum Gasteiger partial charge on any atom is 0.0568 e. The highest BCUT2D eigenvalue weighted by molar-refractivity contribution is 9.10. The Morgan fingerprint density at radius 2 is 1.21 bits per heavy atom. The molecule has 0 bridgehead atoms. The second-order valence-corrected chi connectivity index (χ2v) is 9.03. The Morgan fingerprint density at radius 1 is 0.714 bits per heavy atom. The summed E-state index contributed by atoms with van der Waals surface area (Å²) in [5, 5.41) is 7.47. The van der Waals surface area contributed by atoms with Crippen molar-refractivity contribution in [1.29, 1.82) is 0 Å². The molecule has 2 rings (SSSR count). The van der Waals surface area contributed by atoms with Crippen LogP contribution in [0.2, 0.25) is 0 Å². The summed E-state index contributed by atoms with van der Waals surface area (Å²) in [7, 11) is 0. The van der Waals surface area contributed by atoms with Crippen LogP contribution in [0.4, 0.5) is 0 Å². The first-order valence-corrected chi connectivity index (χ1v) is 12.4. The number of benzene rings is 1. The molecule has 156 valence electrons. The highest BCUT2D eigenvalue weighted by atomic mass is 79.9. The molecular formula is C25H39BrN2. The molecule has 0 fully saturated rings. The van der Waals surface area contributed by atoms with Gasteiger partial charge in [0.2, 0.25) is 0 Å². The van der Waals surface area contributed by atoms with Gasteiger partial charge < -0.3 is 0 Å². The van der Waals surface area contributed by atoms with Crippen molar-refractivity contribution in [3.8, 4) is 11.1 Å². The fourth-order valence-electron chi connectivity index (χ4n) is 3.88. The number of hydrogen-bond donors (Lipinski definition) is 1. The lowest BCUT2D eigenvalue weighted by Gasteiger charge is -2.05. The van der Waals surface area contributed by atoms with Gasteiger partial charge in [-0.3, -0.25) is 5.10 Å². The molecule has 3 heteroatoms. The third-order valence-corrected chi connectivity index (χ3v) is 6.18. The maximum atomic E-state index is 4.27. The van der Waals surface area contributed by atoms with Gasteiger partial charge in [-0.2, -0.15) is 5.10 Å². The largest absolute Gasteiger partial charge is 0.282 e. The molecule has 0 aliphatic carbocycles. The van der Waals surface area contributed by atoms with Crippen LogP contribution in [0.25, 0.3) is 11.1 Å². The lowest BCUT2D eigenvalue weighted by atomic mass is 10.0. The topological polar surface area (TPSA) is 28.7 Å². The zero-order valence-electron chi connectivity index (χ0n) is 17.8. The zero-order chi connectivity index (χ0) is 19.9. The number of nitrogens with one attached hydrogen (secondary N) is 1. The predicted molar refractivity (Wildman–Crippen MR) is 126 cm³/mol. The fourth-order valence-corrected chi connectivity index (χ4v) is 4.14. The summed E-state index contributed by atoms with van der Waals surface area (Å²) in [4.78, 5) is 0. The Bertz CT molecular complexity index is 618. The van der Waals surface area contributed by atoms with Crippen LogP contribution < -0.4 is 0 Å². The van der Waals surface area contributed by atoms with Gasteiger partial charge in [0.05, 0.1) is 6.20 Å². The first-order chi connectivity index (χ1) is 13.8. The Kier molecular flexibility index (Phi) is 12.3. The standard InChI is InChI=1S/C25H39BrN2/c1-2-3-4-5-6-7-8-9-10-11-12-13-14-15-16-25-24(21-27-28-25)22-17-19-23(26)20-18-22/h17-21H,2-16H2,1H3,(H,27,28). The van der Waals surface area contributed by atoms with Gasteiger partial charge in [0.15, 0.2) is 0 Å². The molecule has 28 heavy (non-hydrogen) atoms. The molecule has 0 unspecified atom stereocenters. The van der Waals surface area contributed by atoms with E-state index in [-0.39, 0.29) is 0 Å². The molecule has 0 amide bonds. The molecule has 0 radical (unpaired) electrons. The number of unbranched alkanes of at least 4 members (excludes halogenated alkanes) is 13. The number of aromatic nitrogens is 2. The van der Waals surface area contributed by atoms with E-state index in [1.54, 1.807) is 0 Å². The molecule has 0 saturated carbocycles. The lowest BCUT2D eigenvalue weighted by molar-refractivity contribution is 0.535. The Balaban J connectivity index is 1.46. The number of H-pyrrole nitrogens is 1. The van der Waals surface area contributed by atoms with Crippen molar-refractivity contribution in [3.05, 3.63) is 40.6 Å². The minimum Gasteiger partial charge on any atom is -0.282 e. The third-order valence-electron chi connectivity index (χ3n) is 5.65. The third kappa shape index (κ3) is 9.41. The molecular weight excluding hydrogens is 408 g/mol. The minimum absolute atomic E-state index is 1.10. The average Bonchev–Trinajstić information content (AvgIpc) is 3.17.